The quantitative estimate of drug-likeness (QED) is 0.593. The number of rotatable bonds is 8. The molecule has 3 aromatic rings. The first-order valence-corrected chi connectivity index (χ1v) is 9.50. The zero-order valence-electron chi connectivity index (χ0n) is 16.9. The van der Waals surface area contributed by atoms with E-state index < -0.39 is 0 Å². The lowest BCUT2D eigenvalue weighted by atomic mass is 10.1. The van der Waals surface area contributed by atoms with E-state index in [9.17, 15) is 9.59 Å². The maximum Gasteiger partial charge on any atom is 0.222 e. The number of pyridine rings is 1. The van der Waals surface area contributed by atoms with Crippen LogP contribution in [0.4, 0.5) is 0 Å². The van der Waals surface area contributed by atoms with Crippen LogP contribution in [0.2, 0.25) is 0 Å². The van der Waals surface area contributed by atoms with Crippen molar-refractivity contribution in [3.63, 3.8) is 0 Å². The van der Waals surface area contributed by atoms with E-state index in [0.29, 0.717) is 25.1 Å². The summed E-state index contributed by atoms with van der Waals surface area (Å²) in [5, 5.41) is 2.92. The third-order valence-corrected chi connectivity index (χ3v) is 4.91. The molecular formula is C23H25N3O3. The number of carbonyl (C=O) groups is 2. The molecule has 0 radical (unpaired) electrons. The summed E-state index contributed by atoms with van der Waals surface area (Å²) in [5.41, 5.74) is 4.37. The number of nitrogens with one attached hydrogen (secondary N) is 1. The van der Waals surface area contributed by atoms with E-state index in [-0.39, 0.29) is 11.7 Å². The van der Waals surface area contributed by atoms with Crippen LogP contribution in [0, 0.1) is 6.92 Å². The Kier molecular flexibility index (Phi) is 6.44. The van der Waals surface area contributed by atoms with Crippen molar-refractivity contribution in [1.82, 2.24) is 14.9 Å². The monoisotopic (exact) mass is 391 g/mol. The topological polar surface area (TPSA) is 73.2 Å². The van der Waals surface area contributed by atoms with Gasteiger partial charge < -0.3 is 14.6 Å². The number of aromatic nitrogens is 2. The van der Waals surface area contributed by atoms with Crippen LogP contribution >= 0.6 is 0 Å². The van der Waals surface area contributed by atoms with E-state index in [4.69, 9.17) is 4.74 Å². The highest BCUT2D eigenvalue weighted by Crippen LogP contribution is 2.28. The summed E-state index contributed by atoms with van der Waals surface area (Å²) in [4.78, 5) is 28.4. The van der Waals surface area contributed by atoms with Gasteiger partial charge in [-0.2, -0.15) is 0 Å². The third kappa shape index (κ3) is 4.90. The number of methoxy groups -OCH3 is 1. The van der Waals surface area contributed by atoms with Crippen molar-refractivity contribution in [2.45, 2.75) is 33.4 Å². The number of hydrogen-bond donors (Lipinski definition) is 1. The van der Waals surface area contributed by atoms with Crippen molar-refractivity contribution >= 4 is 11.7 Å². The highest BCUT2D eigenvalue weighted by molar-refractivity contribution is 5.96. The maximum atomic E-state index is 12.3. The molecule has 0 saturated carbocycles. The van der Waals surface area contributed by atoms with Gasteiger partial charge in [0.05, 0.1) is 7.11 Å². The number of carbonyl (C=O) groups excluding carboxylic acids is 2. The van der Waals surface area contributed by atoms with E-state index >= 15 is 0 Å². The lowest BCUT2D eigenvalue weighted by Gasteiger charge is -2.13. The smallest absolute Gasteiger partial charge is 0.222 e. The van der Waals surface area contributed by atoms with Gasteiger partial charge in [-0.1, -0.05) is 6.07 Å². The van der Waals surface area contributed by atoms with Gasteiger partial charge in [0.2, 0.25) is 5.91 Å². The molecule has 29 heavy (non-hydrogen) atoms. The fourth-order valence-electron chi connectivity index (χ4n) is 3.30. The Hall–Kier alpha value is -3.41. The molecule has 1 N–H and O–H groups in total. The molecule has 150 valence electrons. The fraction of sp³-hybridized carbons (Fsp3) is 0.261. The largest absolute Gasteiger partial charge is 0.497 e. The Labute approximate surface area is 170 Å². The van der Waals surface area contributed by atoms with Gasteiger partial charge in [0.25, 0.3) is 0 Å². The minimum absolute atomic E-state index is 0.0111. The molecule has 6 heteroatoms. The molecule has 0 aliphatic heterocycles. The van der Waals surface area contributed by atoms with E-state index in [1.807, 2.05) is 54.0 Å². The first kappa shape index (κ1) is 20.3. The number of amides is 1. The molecular weight excluding hydrogens is 366 g/mol. The van der Waals surface area contributed by atoms with Gasteiger partial charge in [-0.3, -0.25) is 14.6 Å². The first-order chi connectivity index (χ1) is 14.0. The van der Waals surface area contributed by atoms with E-state index in [2.05, 4.69) is 10.3 Å². The maximum absolute atomic E-state index is 12.3. The minimum Gasteiger partial charge on any atom is -0.497 e. The lowest BCUT2D eigenvalue weighted by Crippen LogP contribution is -2.24. The van der Waals surface area contributed by atoms with Crippen LogP contribution in [-0.4, -0.2) is 28.4 Å². The second kappa shape index (κ2) is 9.19. The lowest BCUT2D eigenvalue weighted by molar-refractivity contribution is -0.121. The molecule has 0 spiro atoms. The molecule has 0 atom stereocenters. The van der Waals surface area contributed by atoms with Gasteiger partial charge in [-0.15, -0.1) is 0 Å². The Morgan fingerprint density at radius 3 is 2.55 bits per heavy atom. The first-order valence-electron chi connectivity index (χ1n) is 9.50. The number of ketones is 1. The van der Waals surface area contributed by atoms with Crippen molar-refractivity contribution in [3.8, 4) is 17.0 Å². The Bertz CT molecular complexity index is 992. The zero-order chi connectivity index (χ0) is 20.8. The summed E-state index contributed by atoms with van der Waals surface area (Å²) in [7, 11) is 1.62. The summed E-state index contributed by atoms with van der Waals surface area (Å²) < 4.78 is 7.26. The van der Waals surface area contributed by atoms with Gasteiger partial charge in [0.1, 0.15) is 5.75 Å². The van der Waals surface area contributed by atoms with Crippen LogP contribution in [0.1, 0.15) is 35.0 Å². The van der Waals surface area contributed by atoms with Crippen LogP contribution < -0.4 is 10.1 Å². The van der Waals surface area contributed by atoms with Crippen molar-refractivity contribution < 1.29 is 14.3 Å². The SMILES string of the molecule is COc1ccc(-c2cc(C(C)=O)c(C)n2CCC(=O)NCc2cccnc2)cc1. The number of nitrogens with zero attached hydrogens (tertiary/aromatic N) is 2. The van der Waals surface area contributed by atoms with Gasteiger partial charge in [-0.05, 0) is 61.4 Å². The second-order valence-corrected chi connectivity index (χ2v) is 6.85. The Morgan fingerprint density at radius 1 is 1.17 bits per heavy atom. The molecule has 6 nitrogen and oxygen atoms in total. The van der Waals surface area contributed by atoms with Crippen molar-refractivity contribution in [1.29, 1.82) is 0 Å². The minimum atomic E-state index is -0.0491. The number of Topliss-reactive ketones (excluding diaryl/α,β-unsaturated/α-hetero) is 1. The molecule has 0 fully saturated rings. The predicted octanol–water partition coefficient (Wildman–Crippen LogP) is 3.78. The Morgan fingerprint density at radius 2 is 1.93 bits per heavy atom. The molecule has 0 aliphatic rings. The molecule has 3 rings (SSSR count). The van der Waals surface area contributed by atoms with E-state index in [1.54, 1.807) is 26.4 Å². The molecule has 0 aliphatic carbocycles. The summed E-state index contributed by atoms with van der Waals surface area (Å²) in [5.74, 6) is 0.731. The van der Waals surface area contributed by atoms with Gasteiger partial charge >= 0.3 is 0 Å². The molecule has 1 amide bonds. The Balaban J connectivity index is 1.76. The number of hydrogen-bond acceptors (Lipinski definition) is 4. The average molecular weight is 391 g/mol. The van der Waals surface area contributed by atoms with Crippen molar-refractivity contribution in [2.75, 3.05) is 7.11 Å². The van der Waals surface area contributed by atoms with Crippen LogP contribution in [0.5, 0.6) is 5.75 Å². The third-order valence-electron chi connectivity index (χ3n) is 4.91. The molecule has 1 aromatic carbocycles. The highest BCUT2D eigenvalue weighted by Gasteiger charge is 2.17. The normalized spacial score (nSPS) is 10.6. The molecule has 2 heterocycles. The molecule has 0 unspecified atom stereocenters. The van der Waals surface area contributed by atoms with Gasteiger partial charge in [-0.25, -0.2) is 0 Å². The van der Waals surface area contributed by atoms with Crippen LogP contribution in [0.25, 0.3) is 11.3 Å². The standard InChI is InChI=1S/C23H25N3O3/c1-16-21(17(2)27)13-22(19-6-8-20(29-3)9-7-19)26(16)12-10-23(28)25-15-18-5-4-11-24-14-18/h4-9,11,13-14H,10,12,15H2,1-3H3,(H,25,28). The zero-order valence-corrected chi connectivity index (χ0v) is 16.9. The fourth-order valence-corrected chi connectivity index (χ4v) is 3.30. The van der Waals surface area contributed by atoms with Crippen LogP contribution in [0.3, 0.4) is 0 Å². The van der Waals surface area contributed by atoms with Crippen molar-refractivity contribution in [2.24, 2.45) is 0 Å². The van der Waals surface area contributed by atoms with Gasteiger partial charge in [0.15, 0.2) is 5.78 Å². The average Bonchev–Trinajstić information content (AvgIpc) is 3.08. The number of benzene rings is 1. The second-order valence-electron chi connectivity index (χ2n) is 6.85. The van der Waals surface area contributed by atoms with E-state index in [1.165, 1.54) is 0 Å². The predicted molar refractivity (Wildman–Crippen MR) is 112 cm³/mol. The van der Waals surface area contributed by atoms with Crippen molar-refractivity contribution in [3.05, 3.63) is 71.7 Å². The molecule has 0 bridgehead atoms. The summed E-state index contributed by atoms with van der Waals surface area (Å²) >= 11 is 0. The summed E-state index contributed by atoms with van der Waals surface area (Å²) in [6.45, 7) is 4.41. The van der Waals surface area contributed by atoms with E-state index in [0.717, 1.165) is 28.3 Å². The van der Waals surface area contributed by atoms with Crippen LogP contribution in [-0.2, 0) is 17.9 Å². The molecule has 2 aromatic heterocycles. The number of ether oxygens (including phenoxy) is 1. The van der Waals surface area contributed by atoms with Gasteiger partial charge in [0, 0.05) is 48.9 Å². The summed E-state index contributed by atoms with van der Waals surface area (Å²) in [6, 6.07) is 13.3. The highest BCUT2D eigenvalue weighted by atomic mass is 16.5. The summed E-state index contributed by atoms with van der Waals surface area (Å²) in [6.07, 6.45) is 3.75. The van der Waals surface area contributed by atoms with Crippen LogP contribution in [0.15, 0.2) is 54.9 Å². The molecule has 0 saturated heterocycles.